The Morgan fingerprint density at radius 2 is 1.96 bits per heavy atom. The van der Waals surface area contributed by atoms with E-state index < -0.39 is 28.3 Å². The van der Waals surface area contributed by atoms with Crippen molar-refractivity contribution in [1.29, 1.82) is 0 Å². The Balaban J connectivity index is 1.98. The molecule has 1 fully saturated rings. The van der Waals surface area contributed by atoms with Crippen molar-refractivity contribution < 1.29 is 24.4 Å². The number of carboxylic acid groups (broad SMARTS) is 1. The molecule has 11 nitrogen and oxygen atoms in total. The van der Waals surface area contributed by atoms with E-state index in [0.717, 1.165) is 6.20 Å². The second kappa shape index (κ2) is 7.72. The molecule has 0 unspecified atom stereocenters. The van der Waals surface area contributed by atoms with Gasteiger partial charge in [-0.15, -0.1) is 0 Å². The number of hydrogen-bond acceptors (Lipinski definition) is 6. The summed E-state index contributed by atoms with van der Waals surface area (Å²) in [5, 5.41) is 23.7. The van der Waals surface area contributed by atoms with Gasteiger partial charge in [0.25, 0.3) is 0 Å². The molecule has 1 aromatic heterocycles. The van der Waals surface area contributed by atoms with Crippen molar-refractivity contribution in [2.45, 2.75) is 32.2 Å². The van der Waals surface area contributed by atoms with Crippen LogP contribution in [0.2, 0.25) is 0 Å². The van der Waals surface area contributed by atoms with Crippen LogP contribution in [0.5, 0.6) is 0 Å². The lowest BCUT2D eigenvalue weighted by atomic mass is 9.97. The van der Waals surface area contributed by atoms with Gasteiger partial charge in [0.2, 0.25) is 11.8 Å². The molecular weight excluding hydrogens is 358 g/mol. The fraction of sp³-hybridized carbons (Fsp3) is 0.625. The third-order valence-electron chi connectivity index (χ3n) is 4.79. The molecule has 1 aliphatic rings. The highest BCUT2D eigenvalue weighted by Gasteiger charge is 2.36. The average molecular weight is 381 g/mol. The van der Waals surface area contributed by atoms with Crippen LogP contribution in [0.1, 0.15) is 26.7 Å². The van der Waals surface area contributed by atoms with Gasteiger partial charge in [0.15, 0.2) is 0 Å². The Hall–Kier alpha value is -2.98. The molecule has 0 aromatic carbocycles. The first-order chi connectivity index (χ1) is 12.5. The van der Waals surface area contributed by atoms with Gasteiger partial charge in [-0.05, 0) is 26.7 Å². The maximum atomic E-state index is 12.8. The zero-order valence-corrected chi connectivity index (χ0v) is 15.5. The minimum absolute atomic E-state index is 0.163. The van der Waals surface area contributed by atoms with E-state index in [1.165, 1.54) is 22.8 Å². The molecule has 0 saturated carbocycles. The summed E-state index contributed by atoms with van der Waals surface area (Å²) in [6, 6.07) is 0. The van der Waals surface area contributed by atoms with Gasteiger partial charge in [-0.25, -0.2) is 0 Å². The van der Waals surface area contributed by atoms with Gasteiger partial charge in [-0.2, -0.15) is 5.10 Å². The Kier molecular flexibility index (Phi) is 5.82. The summed E-state index contributed by atoms with van der Waals surface area (Å²) < 4.78 is 1.20. The topological polar surface area (TPSA) is 139 Å². The van der Waals surface area contributed by atoms with E-state index in [4.69, 9.17) is 5.11 Å². The number of carbonyl (C=O) groups is 3. The predicted octanol–water partition coefficient (Wildman–Crippen LogP) is 0.308. The van der Waals surface area contributed by atoms with E-state index in [1.54, 1.807) is 18.7 Å². The number of nitrogens with zero attached hydrogens (tertiary/aromatic N) is 5. The molecule has 1 N–H and O–H groups in total. The minimum Gasteiger partial charge on any atom is -0.481 e. The molecule has 1 aromatic rings. The molecular formula is C16H23N5O6. The van der Waals surface area contributed by atoms with Crippen molar-refractivity contribution >= 4 is 23.5 Å². The fourth-order valence-electron chi connectivity index (χ4n) is 3.03. The number of hydrogen-bond donors (Lipinski definition) is 1. The predicted molar refractivity (Wildman–Crippen MR) is 92.8 cm³/mol. The number of amides is 2. The van der Waals surface area contributed by atoms with Crippen molar-refractivity contribution in [3.63, 3.8) is 0 Å². The van der Waals surface area contributed by atoms with Crippen LogP contribution in [0.25, 0.3) is 0 Å². The third kappa shape index (κ3) is 4.41. The molecule has 2 heterocycles. The highest BCUT2D eigenvalue weighted by Crippen LogP contribution is 2.21. The molecule has 0 bridgehead atoms. The average Bonchev–Trinajstić information content (AvgIpc) is 3.12. The quantitative estimate of drug-likeness (QED) is 0.552. The van der Waals surface area contributed by atoms with Crippen molar-refractivity contribution in [1.82, 2.24) is 19.6 Å². The Morgan fingerprint density at radius 3 is 2.44 bits per heavy atom. The summed E-state index contributed by atoms with van der Waals surface area (Å²) in [7, 11) is 1.48. The molecule has 1 saturated heterocycles. The van der Waals surface area contributed by atoms with Crippen LogP contribution in [-0.4, -0.2) is 74.1 Å². The lowest BCUT2D eigenvalue weighted by Gasteiger charge is -2.33. The molecule has 2 amide bonds. The van der Waals surface area contributed by atoms with Gasteiger partial charge in [0.1, 0.15) is 17.9 Å². The van der Waals surface area contributed by atoms with Crippen LogP contribution in [-0.2, 0) is 19.9 Å². The van der Waals surface area contributed by atoms with E-state index >= 15 is 0 Å². The lowest BCUT2D eigenvalue weighted by Crippen LogP contribution is -2.50. The van der Waals surface area contributed by atoms with Crippen LogP contribution in [0.3, 0.4) is 0 Å². The Bertz CT molecular complexity index is 750. The van der Waals surface area contributed by atoms with Crippen LogP contribution in [0.15, 0.2) is 12.4 Å². The second-order valence-electron chi connectivity index (χ2n) is 7.11. The van der Waals surface area contributed by atoms with Gasteiger partial charge < -0.3 is 14.9 Å². The van der Waals surface area contributed by atoms with E-state index in [9.17, 15) is 24.5 Å². The smallest absolute Gasteiger partial charge is 0.307 e. The number of likely N-dealkylation sites (N-methyl/N-ethyl adjacent to an activating group) is 1. The van der Waals surface area contributed by atoms with Crippen molar-refractivity contribution in [3.05, 3.63) is 22.5 Å². The zero-order chi connectivity index (χ0) is 20.4. The molecule has 148 valence electrons. The normalized spacial score (nSPS) is 15.4. The number of carbonyl (C=O) groups excluding carboxylic acids is 2. The fourth-order valence-corrected chi connectivity index (χ4v) is 3.03. The highest BCUT2D eigenvalue weighted by atomic mass is 16.6. The molecule has 11 heteroatoms. The second-order valence-corrected chi connectivity index (χ2v) is 7.11. The summed E-state index contributed by atoms with van der Waals surface area (Å²) in [4.78, 5) is 49.2. The lowest BCUT2D eigenvalue weighted by molar-refractivity contribution is -0.385. The molecule has 27 heavy (non-hydrogen) atoms. The highest BCUT2D eigenvalue weighted by molar-refractivity contribution is 5.88. The number of nitro groups is 1. The maximum absolute atomic E-state index is 12.8. The SMILES string of the molecule is CN(CC(=O)N1CCC(C(=O)O)CC1)C(=O)C(C)(C)n1cc([N+](=O)[O-])cn1. The maximum Gasteiger partial charge on any atom is 0.307 e. The molecule has 2 rings (SSSR count). The van der Waals surface area contributed by atoms with Crippen molar-refractivity contribution in [3.8, 4) is 0 Å². The first-order valence-electron chi connectivity index (χ1n) is 8.49. The molecule has 0 spiro atoms. The molecule has 1 aliphatic heterocycles. The zero-order valence-electron chi connectivity index (χ0n) is 15.5. The summed E-state index contributed by atoms with van der Waals surface area (Å²) in [5.41, 5.74) is -1.43. The summed E-state index contributed by atoms with van der Waals surface area (Å²) in [5.74, 6) is -1.99. The third-order valence-corrected chi connectivity index (χ3v) is 4.79. The van der Waals surface area contributed by atoms with Gasteiger partial charge >= 0.3 is 11.7 Å². The number of rotatable bonds is 6. The number of aliphatic carboxylic acids is 1. The molecule has 0 aliphatic carbocycles. The summed E-state index contributed by atoms with van der Waals surface area (Å²) in [6.45, 7) is 3.64. The van der Waals surface area contributed by atoms with E-state index in [1.807, 2.05) is 0 Å². The van der Waals surface area contributed by atoms with Gasteiger partial charge in [-0.1, -0.05) is 0 Å². The summed E-state index contributed by atoms with van der Waals surface area (Å²) >= 11 is 0. The number of carboxylic acids is 1. The van der Waals surface area contributed by atoms with E-state index in [0.29, 0.717) is 25.9 Å². The number of piperidine rings is 1. The first kappa shape index (κ1) is 20.3. The van der Waals surface area contributed by atoms with Crippen LogP contribution in [0.4, 0.5) is 5.69 Å². The van der Waals surface area contributed by atoms with Gasteiger partial charge in [0.05, 0.1) is 17.4 Å². The van der Waals surface area contributed by atoms with E-state index in [2.05, 4.69) is 5.10 Å². The monoisotopic (exact) mass is 381 g/mol. The van der Waals surface area contributed by atoms with Crippen LogP contribution >= 0.6 is 0 Å². The van der Waals surface area contributed by atoms with Gasteiger partial charge in [0, 0.05) is 20.1 Å². The Labute approximate surface area is 155 Å². The van der Waals surface area contributed by atoms with Crippen molar-refractivity contribution in [2.24, 2.45) is 5.92 Å². The van der Waals surface area contributed by atoms with E-state index in [-0.39, 0.29) is 18.1 Å². The first-order valence-corrected chi connectivity index (χ1v) is 8.49. The number of aromatic nitrogens is 2. The van der Waals surface area contributed by atoms with Crippen molar-refractivity contribution in [2.75, 3.05) is 26.7 Å². The van der Waals surface area contributed by atoms with Crippen LogP contribution < -0.4 is 0 Å². The number of likely N-dealkylation sites (tertiary alicyclic amines) is 1. The standard InChI is InChI=1S/C16H23N5O6/c1-16(2,20-9-12(8-17-20)21(26)27)15(25)18(3)10-13(22)19-6-4-11(5-7-19)14(23)24/h8-9,11H,4-7,10H2,1-3H3,(H,23,24). The molecule has 0 atom stereocenters. The minimum atomic E-state index is -1.21. The largest absolute Gasteiger partial charge is 0.481 e. The van der Waals surface area contributed by atoms with Gasteiger partial charge in [-0.3, -0.25) is 29.2 Å². The Morgan fingerprint density at radius 1 is 1.37 bits per heavy atom. The van der Waals surface area contributed by atoms with Crippen LogP contribution in [0, 0.1) is 16.0 Å². The molecule has 0 radical (unpaired) electrons. The summed E-state index contributed by atoms with van der Waals surface area (Å²) in [6.07, 6.45) is 3.01.